The zero-order chi connectivity index (χ0) is 16.7. The van der Waals surface area contributed by atoms with E-state index in [2.05, 4.69) is 10.6 Å². The molecule has 0 spiro atoms. The summed E-state index contributed by atoms with van der Waals surface area (Å²) in [7, 11) is 0. The van der Waals surface area contributed by atoms with Crippen molar-refractivity contribution in [2.45, 2.75) is 12.8 Å². The van der Waals surface area contributed by atoms with Gasteiger partial charge in [-0.3, -0.25) is 14.9 Å². The second kappa shape index (κ2) is 7.88. The molecule has 2 rings (SSSR count). The van der Waals surface area contributed by atoms with Crippen LogP contribution in [0.1, 0.15) is 12.8 Å². The van der Waals surface area contributed by atoms with E-state index in [0.717, 1.165) is 0 Å². The molecule has 0 aliphatic rings. The van der Waals surface area contributed by atoms with Crippen molar-refractivity contribution < 1.29 is 14.1 Å². The summed E-state index contributed by atoms with van der Waals surface area (Å²) in [5, 5.41) is 16.3. The lowest BCUT2D eigenvalue weighted by molar-refractivity contribution is -0.384. The summed E-state index contributed by atoms with van der Waals surface area (Å²) in [5.41, 5.74) is 0.541. The highest BCUT2D eigenvalue weighted by Gasteiger charge is 2.11. The number of rotatable bonds is 7. The molecule has 0 heterocycles. The number of halogens is 1. The number of nitrogens with zero attached hydrogens (tertiary/aromatic N) is 1. The molecule has 0 aliphatic carbocycles. The second-order valence-electron chi connectivity index (χ2n) is 4.83. The molecule has 2 aromatic rings. The quantitative estimate of drug-likeness (QED) is 0.464. The molecule has 0 aliphatic heterocycles. The van der Waals surface area contributed by atoms with Crippen molar-refractivity contribution in [1.82, 2.24) is 0 Å². The Labute approximate surface area is 132 Å². The SMILES string of the molecule is O=C(CCCNc1ccccc1[N+](=O)[O-])Nc1ccccc1F. The molecule has 7 heteroatoms. The second-order valence-corrected chi connectivity index (χ2v) is 4.83. The van der Waals surface area contributed by atoms with Crippen LogP contribution in [-0.4, -0.2) is 17.4 Å². The molecule has 0 radical (unpaired) electrons. The fourth-order valence-electron chi connectivity index (χ4n) is 2.03. The van der Waals surface area contributed by atoms with Gasteiger partial charge in [0.15, 0.2) is 0 Å². The van der Waals surface area contributed by atoms with Crippen LogP contribution in [0.2, 0.25) is 0 Å². The van der Waals surface area contributed by atoms with Crippen LogP contribution in [0, 0.1) is 15.9 Å². The van der Waals surface area contributed by atoms with Gasteiger partial charge in [-0.15, -0.1) is 0 Å². The first-order valence-corrected chi connectivity index (χ1v) is 7.09. The molecular weight excluding hydrogens is 301 g/mol. The molecule has 0 aromatic heterocycles. The predicted octanol–water partition coefficient (Wildman–Crippen LogP) is 3.56. The Bertz CT molecular complexity index is 706. The number of nitro benzene ring substituents is 1. The number of hydrogen-bond acceptors (Lipinski definition) is 4. The average molecular weight is 317 g/mol. The monoisotopic (exact) mass is 317 g/mol. The summed E-state index contributed by atoms with van der Waals surface area (Å²) in [5.74, 6) is -0.793. The minimum absolute atomic E-state index is 0.0108. The van der Waals surface area contributed by atoms with Gasteiger partial charge in [-0.25, -0.2) is 4.39 Å². The van der Waals surface area contributed by atoms with Gasteiger partial charge in [0.25, 0.3) is 5.69 Å². The van der Waals surface area contributed by atoms with Crippen molar-refractivity contribution in [3.05, 3.63) is 64.5 Å². The summed E-state index contributed by atoms with van der Waals surface area (Å²) in [6, 6.07) is 12.2. The van der Waals surface area contributed by atoms with Gasteiger partial charge in [0, 0.05) is 19.0 Å². The Balaban J connectivity index is 1.79. The molecule has 2 N–H and O–H groups in total. The van der Waals surface area contributed by atoms with E-state index in [9.17, 15) is 19.3 Å². The molecule has 0 unspecified atom stereocenters. The number of amides is 1. The van der Waals surface area contributed by atoms with E-state index in [1.54, 1.807) is 30.3 Å². The third-order valence-electron chi connectivity index (χ3n) is 3.14. The molecule has 0 saturated carbocycles. The highest BCUT2D eigenvalue weighted by Crippen LogP contribution is 2.23. The summed E-state index contributed by atoms with van der Waals surface area (Å²) >= 11 is 0. The third kappa shape index (κ3) is 4.77. The molecule has 6 nitrogen and oxygen atoms in total. The molecule has 2 aromatic carbocycles. The van der Waals surface area contributed by atoms with Crippen LogP contribution in [0.4, 0.5) is 21.5 Å². The van der Waals surface area contributed by atoms with E-state index in [1.165, 1.54) is 18.2 Å². The molecular formula is C16H16FN3O3. The normalized spacial score (nSPS) is 10.1. The van der Waals surface area contributed by atoms with Crippen molar-refractivity contribution in [1.29, 1.82) is 0 Å². The minimum Gasteiger partial charge on any atom is -0.379 e. The third-order valence-corrected chi connectivity index (χ3v) is 3.14. The van der Waals surface area contributed by atoms with Gasteiger partial charge >= 0.3 is 0 Å². The minimum atomic E-state index is -0.487. The maximum atomic E-state index is 13.4. The van der Waals surface area contributed by atoms with E-state index < -0.39 is 10.7 Å². The zero-order valence-electron chi connectivity index (χ0n) is 12.3. The number of hydrogen-bond donors (Lipinski definition) is 2. The lowest BCUT2D eigenvalue weighted by Crippen LogP contribution is -2.14. The van der Waals surface area contributed by atoms with Crippen LogP contribution < -0.4 is 10.6 Å². The molecule has 0 fully saturated rings. The molecule has 0 bridgehead atoms. The zero-order valence-corrected chi connectivity index (χ0v) is 12.3. The van der Waals surface area contributed by atoms with Crippen molar-refractivity contribution in [3.63, 3.8) is 0 Å². The number of nitro groups is 1. The van der Waals surface area contributed by atoms with Crippen LogP contribution in [-0.2, 0) is 4.79 Å². The first-order chi connectivity index (χ1) is 11.1. The first kappa shape index (κ1) is 16.4. The highest BCUT2D eigenvalue weighted by atomic mass is 19.1. The number of nitrogens with one attached hydrogen (secondary N) is 2. The molecule has 23 heavy (non-hydrogen) atoms. The number of para-hydroxylation sites is 3. The van der Waals surface area contributed by atoms with Crippen molar-refractivity contribution in [2.24, 2.45) is 0 Å². The van der Waals surface area contributed by atoms with Crippen molar-refractivity contribution in [3.8, 4) is 0 Å². The summed E-state index contributed by atoms with van der Waals surface area (Å²) in [4.78, 5) is 22.1. The Morgan fingerprint density at radius 1 is 1.09 bits per heavy atom. The van der Waals surface area contributed by atoms with Crippen LogP contribution in [0.5, 0.6) is 0 Å². The fraction of sp³-hybridized carbons (Fsp3) is 0.188. The van der Waals surface area contributed by atoms with E-state index in [-0.39, 0.29) is 23.7 Å². The van der Waals surface area contributed by atoms with Crippen LogP contribution in [0.25, 0.3) is 0 Å². The number of benzene rings is 2. The van der Waals surface area contributed by atoms with Crippen molar-refractivity contribution >= 4 is 23.0 Å². The Morgan fingerprint density at radius 2 is 1.74 bits per heavy atom. The van der Waals surface area contributed by atoms with Gasteiger partial charge in [0.1, 0.15) is 11.5 Å². The molecule has 0 atom stereocenters. The largest absolute Gasteiger partial charge is 0.379 e. The maximum Gasteiger partial charge on any atom is 0.292 e. The molecule has 1 amide bonds. The van der Waals surface area contributed by atoms with Gasteiger partial charge < -0.3 is 10.6 Å². The van der Waals surface area contributed by atoms with E-state index in [4.69, 9.17) is 0 Å². The van der Waals surface area contributed by atoms with Crippen LogP contribution in [0.15, 0.2) is 48.5 Å². The van der Waals surface area contributed by atoms with Gasteiger partial charge in [-0.1, -0.05) is 24.3 Å². The summed E-state index contributed by atoms with van der Waals surface area (Å²) < 4.78 is 13.4. The highest BCUT2D eigenvalue weighted by molar-refractivity contribution is 5.90. The number of anilines is 2. The van der Waals surface area contributed by atoms with E-state index >= 15 is 0 Å². The van der Waals surface area contributed by atoms with E-state index in [1.807, 2.05) is 0 Å². The lowest BCUT2D eigenvalue weighted by atomic mass is 10.2. The van der Waals surface area contributed by atoms with Gasteiger partial charge in [-0.2, -0.15) is 0 Å². The van der Waals surface area contributed by atoms with Gasteiger partial charge in [0.2, 0.25) is 5.91 Å². The topological polar surface area (TPSA) is 84.3 Å². The Morgan fingerprint density at radius 3 is 2.43 bits per heavy atom. The summed E-state index contributed by atoms with van der Waals surface area (Å²) in [6.45, 7) is 0.398. The van der Waals surface area contributed by atoms with Crippen LogP contribution >= 0.6 is 0 Å². The number of carbonyl (C=O) groups excluding carboxylic acids is 1. The van der Waals surface area contributed by atoms with Crippen LogP contribution in [0.3, 0.4) is 0 Å². The smallest absolute Gasteiger partial charge is 0.292 e. The lowest BCUT2D eigenvalue weighted by Gasteiger charge is -2.08. The van der Waals surface area contributed by atoms with Crippen molar-refractivity contribution in [2.75, 3.05) is 17.2 Å². The van der Waals surface area contributed by atoms with Gasteiger partial charge in [0.05, 0.1) is 10.6 Å². The van der Waals surface area contributed by atoms with E-state index in [0.29, 0.717) is 18.7 Å². The summed E-state index contributed by atoms with van der Waals surface area (Å²) in [6.07, 6.45) is 0.647. The number of carbonyl (C=O) groups is 1. The maximum absolute atomic E-state index is 13.4. The molecule has 0 saturated heterocycles. The first-order valence-electron chi connectivity index (χ1n) is 7.09. The average Bonchev–Trinajstić information content (AvgIpc) is 2.54. The fourth-order valence-corrected chi connectivity index (χ4v) is 2.03. The standard InChI is InChI=1S/C16H16FN3O3/c17-12-6-1-2-7-13(12)19-16(21)10-5-11-18-14-8-3-4-9-15(14)20(22)23/h1-4,6-9,18H,5,10-11H2,(H,19,21). The predicted molar refractivity (Wildman–Crippen MR) is 85.8 cm³/mol. The Hall–Kier alpha value is -2.96. The molecule has 120 valence electrons. The van der Waals surface area contributed by atoms with Gasteiger partial charge in [-0.05, 0) is 24.6 Å². The Kier molecular flexibility index (Phi) is 5.62.